The number of aromatic nitrogens is 1. The number of carboxylic acid groups (broad SMARTS) is 1. The number of carbonyl (C=O) groups is 5. The van der Waals surface area contributed by atoms with Gasteiger partial charge in [-0.1, -0.05) is 6.42 Å². The second kappa shape index (κ2) is 11.4. The van der Waals surface area contributed by atoms with Gasteiger partial charge in [0.15, 0.2) is 0 Å². The van der Waals surface area contributed by atoms with E-state index in [9.17, 15) is 67.9 Å². The first-order chi connectivity index (χ1) is 19.6. The average Bonchev–Trinajstić information content (AvgIpc) is 3.21. The summed E-state index contributed by atoms with van der Waals surface area (Å²) >= 11 is 0. The van der Waals surface area contributed by atoms with Gasteiger partial charge in [0.2, 0.25) is 11.6 Å². The van der Waals surface area contributed by atoms with Gasteiger partial charge < -0.3 is 9.67 Å². The maximum absolute atomic E-state index is 14.2. The van der Waals surface area contributed by atoms with Gasteiger partial charge in [-0.15, -0.1) is 0 Å². The molecule has 0 radical (unpaired) electrons. The Kier molecular flexibility index (Phi) is 8.81. The van der Waals surface area contributed by atoms with Gasteiger partial charge in [-0.25, -0.2) is 0 Å². The van der Waals surface area contributed by atoms with Crippen LogP contribution in [0.5, 0.6) is 0 Å². The molecule has 0 aliphatic heterocycles. The van der Waals surface area contributed by atoms with E-state index in [1.807, 2.05) is 0 Å². The molecule has 0 atom stereocenters. The van der Waals surface area contributed by atoms with Crippen molar-refractivity contribution in [1.82, 2.24) is 4.57 Å². The van der Waals surface area contributed by atoms with E-state index in [0.29, 0.717) is 30.7 Å². The molecule has 43 heavy (non-hydrogen) atoms. The topological polar surface area (TPSA) is 111 Å². The number of rotatable bonds is 12. The fourth-order valence-corrected chi connectivity index (χ4v) is 4.28. The first-order valence-electron chi connectivity index (χ1n) is 12.0. The Balaban J connectivity index is 2.17. The van der Waals surface area contributed by atoms with E-state index in [1.54, 1.807) is 0 Å². The quantitative estimate of drug-likeness (QED) is 0.108. The molecule has 0 aliphatic rings. The lowest BCUT2D eigenvalue weighted by Crippen LogP contribution is -2.46. The van der Waals surface area contributed by atoms with Crippen molar-refractivity contribution in [1.29, 1.82) is 0 Å². The van der Waals surface area contributed by atoms with E-state index < -0.39 is 64.4 Å². The van der Waals surface area contributed by atoms with Crippen LogP contribution >= 0.6 is 0 Å². The zero-order chi connectivity index (χ0) is 32.7. The van der Waals surface area contributed by atoms with Crippen LogP contribution in [0.3, 0.4) is 0 Å². The average molecular weight is 629 g/mol. The minimum absolute atomic E-state index is 0.0334. The molecule has 1 heterocycles. The number of benzene rings is 2. The van der Waals surface area contributed by atoms with Crippen LogP contribution in [0.2, 0.25) is 0 Å². The summed E-state index contributed by atoms with van der Waals surface area (Å²) in [6.45, 7) is 0.0334. The van der Waals surface area contributed by atoms with Gasteiger partial charge in [0, 0.05) is 45.9 Å². The number of ketones is 4. The molecule has 3 rings (SSSR count). The minimum atomic E-state index is -6.09. The van der Waals surface area contributed by atoms with Gasteiger partial charge in [-0.05, 0) is 49.2 Å². The molecule has 3 aromatic rings. The number of alkyl halides is 10. The Morgan fingerprint density at radius 3 is 1.35 bits per heavy atom. The Hall–Kier alpha value is -4.31. The number of aryl methyl sites for hydroxylation is 1. The van der Waals surface area contributed by atoms with Gasteiger partial charge in [0.05, 0.1) is 0 Å². The molecule has 0 fully saturated rings. The highest BCUT2D eigenvalue weighted by molar-refractivity contribution is 6.21. The van der Waals surface area contributed by atoms with Gasteiger partial charge in [0.25, 0.3) is 0 Å². The Labute approximate surface area is 233 Å². The van der Waals surface area contributed by atoms with Crippen molar-refractivity contribution in [2.45, 2.75) is 56.4 Å². The Morgan fingerprint density at radius 2 is 1.00 bits per heavy atom. The zero-order valence-corrected chi connectivity index (χ0v) is 21.2. The summed E-state index contributed by atoms with van der Waals surface area (Å²) in [6.07, 6.45) is -11.5. The van der Waals surface area contributed by atoms with E-state index in [1.165, 1.54) is 4.57 Å². The normalized spacial score (nSPS) is 13.0. The van der Waals surface area contributed by atoms with E-state index in [2.05, 4.69) is 0 Å². The van der Waals surface area contributed by atoms with Crippen molar-refractivity contribution in [3.8, 4) is 0 Å². The monoisotopic (exact) mass is 629 g/mol. The molecule has 0 bridgehead atoms. The molecule has 0 amide bonds. The Bertz CT molecular complexity index is 1530. The van der Waals surface area contributed by atoms with Crippen LogP contribution in [0, 0.1) is 0 Å². The lowest BCUT2D eigenvalue weighted by atomic mass is 9.98. The molecule has 0 saturated carbocycles. The largest absolute Gasteiger partial charge is 0.481 e. The maximum atomic E-state index is 14.2. The summed E-state index contributed by atoms with van der Waals surface area (Å²) in [5, 5.41) is 8.15. The van der Waals surface area contributed by atoms with Crippen LogP contribution in [0.1, 0.15) is 46.4 Å². The summed E-state index contributed by atoms with van der Waals surface area (Å²) in [4.78, 5) is 57.7. The number of nitrogens with zero attached hydrogens (tertiary/aromatic N) is 1. The highest BCUT2D eigenvalue weighted by Gasteiger charge is 2.60. The fraction of sp³-hybridized carbons (Fsp3) is 0.346. The minimum Gasteiger partial charge on any atom is -0.481 e. The summed E-state index contributed by atoms with van der Waals surface area (Å²) in [5.41, 5.74) is -2.19. The maximum Gasteiger partial charge on any atom is 0.456 e. The predicted molar refractivity (Wildman–Crippen MR) is 126 cm³/mol. The van der Waals surface area contributed by atoms with Crippen molar-refractivity contribution in [2.24, 2.45) is 0 Å². The van der Waals surface area contributed by atoms with Gasteiger partial charge in [-0.3, -0.25) is 24.0 Å². The van der Waals surface area contributed by atoms with Crippen molar-refractivity contribution >= 4 is 50.9 Å². The number of hydrogen-bond donors (Lipinski definition) is 1. The second-order valence-corrected chi connectivity index (χ2v) is 9.28. The number of carboxylic acids is 1. The third-order valence-corrected chi connectivity index (χ3v) is 6.32. The number of unbranched alkanes of at least 4 members (excludes halogenated alkanes) is 2. The molecule has 232 valence electrons. The van der Waals surface area contributed by atoms with Gasteiger partial charge in [-0.2, -0.15) is 43.9 Å². The zero-order valence-electron chi connectivity index (χ0n) is 21.2. The van der Waals surface area contributed by atoms with Crippen molar-refractivity contribution < 1.29 is 73.0 Å². The van der Waals surface area contributed by atoms with Gasteiger partial charge >= 0.3 is 41.7 Å². The van der Waals surface area contributed by atoms with E-state index in [0.717, 1.165) is 12.1 Å². The second-order valence-electron chi connectivity index (χ2n) is 9.28. The molecule has 17 heteroatoms. The summed E-state index contributed by atoms with van der Waals surface area (Å²) < 4.78 is 134. The van der Waals surface area contributed by atoms with Crippen LogP contribution in [0.4, 0.5) is 43.9 Å². The Morgan fingerprint density at radius 1 is 0.605 bits per heavy atom. The van der Waals surface area contributed by atoms with E-state index in [-0.39, 0.29) is 47.6 Å². The number of halogens is 10. The predicted octanol–water partition coefficient (Wildman–Crippen LogP) is 6.34. The number of fused-ring (bicyclic) bond motifs is 3. The van der Waals surface area contributed by atoms with Crippen LogP contribution in [0.15, 0.2) is 36.4 Å². The van der Waals surface area contributed by atoms with E-state index in [4.69, 9.17) is 5.11 Å². The van der Waals surface area contributed by atoms with E-state index >= 15 is 0 Å². The standard InChI is InChI=1S/C26H17F10NO6/c27-23(28,21(42)25(31,32)33)19(40)12-5-7-16-14(10-12)15-11-13(20(41)24(29,30)22(43)26(34,35)36)6-8-17(15)37(16)9-3-1-2-4-18(38)39/h5-8,10-11H,1-4,9H2,(H,38,39). The third kappa shape index (κ3) is 6.54. The van der Waals surface area contributed by atoms with Crippen LogP contribution < -0.4 is 0 Å². The fourth-order valence-electron chi connectivity index (χ4n) is 4.28. The molecule has 2 aromatic carbocycles. The molecule has 0 unspecified atom stereocenters. The third-order valence-electron chi connectivity index (χ3n) is 6.32. The molecule has 7 nitrogen and oxygen atoms in total. The molecule has 0 aliphatic carbocycles. The van der Waals surface area contributed by atoms with Crippen LogP contribution in [-0.2, 0) is 20.9 Å². The smallest absolute Gasteiger partial charge is 0.456 e. The lowest BCUT2D eigenvalue weighted by molar-refractivity contribution is -0.189. The number of carbonyl (C=O) groups excluding carboxylic acids is 4. The van der Waals surface area contributed by atoms with Gasteiger partial charge in [0.1, 0.15) is 0 Å². The SMILES string of the molecule is O=C(O)CCCCCn1c2ccc(C(=O)C(F)(F)C(=O)C(F)(F)F)cc2c2cc(C(=O)C(F)(F)C(=O)C(F)(F)F)ccc21. The first kappa shape index (κ1) is 33.2. The molecular formula is C26H17F10NO6. The highest BCUT2D eigenvalue weighted by atomic mass is 19.4. The van der Waals surface area contributed by atoms with Crippen LogP contribution in [0.25, 0.3) is 21.8 Å². The molecule has 0 spiro atoms. The highest BCUT2D eigenvalue weighted by Crippen LogP contribution is 2.36. The molecule has 1 aromatic heterocycles. The molecule has 0 saturated heterocycles. The first-order valence-corrected chi connectivity index (χ1v) is 12.0. The number of hydrogen-bond acceptors (Lipinski definition) is 5. The number of aliphatic carboxylic acids is 1. The van der Waals surface area contributed by atoms with Crippen LogP contribution in [-0.4, -0.2) is 63.0 Å². The summed E-state index contributed by atoms with van der Waals surface area (Å²) in [7, 11) is 0. The molecule has 1 N–H and O–H groups in total. The molecular weight excluding hydrogens is 612 g/mol. The summed E-state index contributed by atoms with van der Waals surface area (Å²) in [6, 6.07) is 4.43. The van der Waals surface area contributed by atoms with Crippen molar-refractivity contribution in [3.63, 3.8) is 0 Å². The van der Waals surface area contributed by atoms with Crippen molar-refractivity contribution in [3.05, 3.63) is 47.5 Å². The number of Topliss-reactive ketones (excluding diaryl/α,β-unsaturated/α-hetero) is 4. The van der Waals surface area contributed by atoms with Crippen molar-refractivity contribution in [2.75, 3.05) is 0 Å². The summed E-state index contributed by atoms with van der Waals surface area (Å²) in [5.74, 6) is -24.6. The lowest BCUT2D eigenvalue weighted by Gasteiger charge is -2.15.